The highest BCUT2D eigenvalue weighted by atomic mass is 35.5. The fourth-order valence-electron chi connectivity index (χ4n) is 1.81. The molecule has 0 atom stereocenters. The zero-order valence-corrected chi connectivity index (χ0v) is 13.7. The van der Waals surface area contributed by atoms with E-state index in [0.29, 0.717) is 27.3 Å². The summed E-state index contributed by atoms with van der Waals surface area (Å²) in [5.41, 5.74) is 0.111. The number of halogens is 2. The van der Waals surface area contributed by atoms with E-state index in [1.54, 1.807) is 18.2 Å². The number of hydrogen-bond acceptors (Lipinski definition) is 4. The summed E-state index contributed by atoms with van der Waals surface area (Å²) in [4.78, 5) is 11.0. The highest BCUT2D eigenvalue weighted by molar-refractivity contribution is 6.34. The normalized spacial score (nSPS) is 10.2. The van der Waals surface area contributed by atoms with Crippen LogP contribution in [0.4, 0.5) is 0 Å². The summed E-state index contributed by atoms with van der Waals surface area (Å²) in [6.07, 6.45) is 0. The van der Waals surface area contributed by atoms with Crippen LogP contribution in [0.3, 0.4) is 0 Å². The van der Waals surface area contributed by atoms with E-state index in [1.807, 2.05) is 0 Å². The second-order valence-corrected chi connectivity index (χ2v) is 5.29. The molecule has 0 aliphatic rings. The predicted molar refractivity (Wildman–Crippen MR) is 87.4 cm³/mol. The lowest BCUT2D eigenvalue weighted by Crippen LogP contribution is -2.10. The Morgan fingerprint density at radius 1 is 1.00 bits per heavy atom. The number of carboxylic acids is 1. The summed E-state index contributed by atoms with van der Waals surface area (Å²) < 4.78 is 16.1. The van der Waals surface area contributed by atoms with Gasteiger partial charge in [0.15, 0.2) is 11.5 Å². The van der Waals surface area contributed by atoms with Crippen LogP contribution in [0.5, 0.6) is 17.2 Å². The Morgan fingerprint density at radius 2 is 1.70 bits per heavy atom. The van der Waals surface area contributed by atoms with Gasteiger partial charge in [0.05, 0.1) is 17.7 Å². The zero-order chi connectivity index (χ0) is 16.8. The van der Waals surface area contributed by atoms with E-state index in [0.717, 1.165) is 0 Å². The second-order valence-electron chi connectivity index (χ2n) is 4.44. The summed E-state index contributed by atoms with van der Waals surface area (Å²) in [5, 5.41) is 9.96. The number of rotatable bonds is 7. The highest BCUT2D eigenvalue weighted by Gasteiger charge is 2.10. The molecule has 0 saturated carbocycles. The molecule has 0 radical (unpaired) electrons. The first-order valence-corrected chi connectivity index (χ1v) is 7.39. The van der Waals surface area contributed by atoms with Gasteiger partial charge < -0.3 is 19.3 Å². The van der Waals surface area contributed by atoms with Gasteiger partial charge in [0.2, 0.25) is 0 Å². The van der Waals surface area contributed by atoms with E-state index in [4.69, 9.17) is 42.5 Å². The molecule has 0 bridgehead atoms. The fourth-order valence-corrected chi connectivity index (χ4v) is 2.15. The number of hydrogen-bond donors (Lipinski definition) is 1. The first-order valence-electron chi connectivity index (χ1n) is 6.63. The fraction of sp³-hybridized carbons (Fsp3) is 0.188. The van der Waals surface area contributed by atoms with Crippen molar-refractivity contribution in [3.05, 3.63) is 52.0 Å². The Labute approximate surface area is 143 Å². The van der Waals surface area contributed by atoms with Crippen molar-refractivity contribution in [1.29, 1.82) is 0 Å². The number of aromatic carboxylic acids is 1. The van der Waals surface area contributed by atoms with Gasteiger partial charge in [-0.05, 0) is 30.3 Å². The Hall–Kier alpha value is -2.11. The third-order valence-electron chi connectivity index (χ3n) is 2.90. The van der Waals surface area contributed by atoms with E-state index in [9.17, 15) is 4.79 Å². The first-order chi connectivity index (χ1) is 11.0. The van der Waals surface area contributed by atoms with Crippen LogP contribution in [-0.4, -0.2) is 31.4 Å². The number of carbonyl (C=O) groups is 1. The molecule has 0 amide bonds. The van der Waals surface area contributed by atoms with Crippen LogP contribution in [0.2, 0.25) is 10.0 Å². The molecule has 7 heteroatoms. The Bertz CT molecular complexity index is 703. The van der Waals surface area contributed by atoms with Gasteiger partial charge in [0.1, 0.15) is 19.0 Å². The SMILES string of the molecule is COc1ccc(C(=O)O)cc1OCCOc1cc(Cl)ccc1Cl. The molecule has 2 rings (SSSR count). The Balaban J connectivity index is 1.97. The van der Waals surface area contributed by atoms with Gasteiger partial charge in [-0.1, -0.05) is 23.2 Å². The largest absolute Gasteiger partial charge is 0.493 e. The topological polar surface area (TPSA) is 65.0 Å². The van der Waals surface area contributed by atoms with Crippen LogP contribution in [0, 0.1) is 0 Å². The van der Waals surface area contributed by atoms with Crippen molar-refractivity contribution < 1.29 is 24.1 Å². The molecule has 0 fully saturated rings. The van der Waals surface area contributed by atoms with Gasteiger partial charge >= 0.3 is 5.97 Å². The standard InChI is InChI=1S/C16H14Cl2O5/c1-21-13-5-2-10(16(19)20)8-15(13)23-7-6-22-14-9-11(17)3-4-12(14)18/h2-5,8-9H,6-7H2,1H3,(H,19,20). The first kappa shape index (κ1) is 17.2. The van der Waals surface area contributed by atoms with Gasteiger partial charge in [-0.15, -0.1) is 0 Å². The van der Waals surface area contributed by atoms with Crippen LogP contribution < -0.4 is 14.2 Å². The molecule has 0 aliphatic carbocycles. The van der Waals surface area contributed by atoms with E-state index in [-0.39, 0.29) is 18.8 Å². The average Bonchev–Trinajstić information content (AvgIpc) is 2.54. The maximum absolute atomic E-state index is 11.0. The van der Waals surface area contributed by atoms with Gasteiger partial charge in [-0.3, -0.25) is 0 Å². The van der Waals surface area contributed by atoms with Crippen LogP contribution >= 0.6 is 23.2 Å². The van der Waals surface area contributed by atoms with Crippen LogP contribution in [0.1, 0.15) is 10.4 Å². The molecular weight excluding hydrogens is 343 g/mol. The summed E-state index contributed by atoms with van der Waals surface area (Å²) in [7, 11) is 1.48. The molecule has 122 valence electrons. The summed E-state index contributed by atoms with van der Waals surface area (Å²) in [5.74, 6) is 0.178. The highest BCUT2D eigenvalue weighted by Crippen LogP contribution is 2.29. The molecular formula is C16H14Cl2O5. The van der Waals surface area contributed by atoms with Crippen molar-refractivity contribution in [2.24, 2.45) is 0 Å². The van der Waals surface area contributed by atoms with Crippen LogP contribution in [0.15, 0.2) is 36.4 Å². The number of methoxy groups -OCH3 is 1. The van der Waals surface area contributed by atoms with Gasteiger partial charge in [-0.25, -0.2) is 4.79 Å². The molecule has 5 nitrogen and oxygen atoms in total. The number of ether oxygens (including phenoxy) is 3. The number of benzene rings is 2. The second kappa shape index (κ2) is 7.94. The third-order valence-corrected chi connectivity index (χ3v) is 3.45. The Morgan fingerprint density at radius 3 is 2.35 bits per heavy atom. The lowest BCUT2D eigenvalue weighted by molar-refractivity contribution is 0.0696. The maximum atomic E-state index is 11.0. The van der Waals surface area contributed by atoms with E-state index < -0.39 is 5.97 Å². The minimum absolute atomic E-state index is 0.111. The Kier molecular flexibility index (Phi) is 5.96. The van der Waals surface area contributed by atoms with E-state index in [2.05, 4.69) is 0 Å². The van der Waals surface area contributed by atoms with E-state index >= 15 is 0 Å². The van der Waals surface area contributed by atoms with Crippen molar-refractivity contribution in [2.45, 2.75) is 0 Å². The molecule has 23 heavy (non-hydrogen) atoms. The molecule has 2 aromatic rings. The van der Waals surface area contributed by atoms with Gasteiger partial charge in [0, 0.05) is 11.1 Å². The molecule has 0 spiro atoms. The monoisotopic (exact) mass is 356 g/mol. The van der Waals surface area contributed by atoms with Gasteiger partial charge in [0.25, 0.3) is 0 Å². The minimum atomic E-state index is -1.04. The van der Waals surface area contributed by atoms with Crippen LogP contribution in [-0.2, 0) is 0 Å². The maximum Gasteiger partial charge on any atom is 0.335 e. The molecule has 0 saturated heterocycles. The minimum Gasteiger partial charge on any atom is -0.493 e. The predicted octanol–water partition coefficient (Wildman–Crippen LogP) is 4.16. The van der Waals surface area contributed by atoms with Crippen LogP contribution in [0.25, 0.3) is 0 Å². The van der Waals surface area contributed by atoms with Gasteiger partial charge in [-0.2, -0.15) is 0 Å². The lowest BCUT2D eigenvalue weighted by Gasteiger charge is -2.12. The van der Waals surface area contributed by atoms with Crippen molar-refractivity contribution in [1.82, 2.24) is 0 Å². The molecule has 0 aliphatic heterocycles. The summed E-state index contributed by atoms with van der Waals surface area (Å²) >= 11 is 11.9. The molecule has 0 unspecified atom stereocenters. The van der Waals surface area contributed by atoms with E-state index in [1.165, 1.54) is 25.3 Å². The smallest absolute Gasteiger partial charge is 0.335 e. The molecule has 2 aromatic carbocycles. The third kappa shape index (κ3) is 4.68. The summed E-state index contributed by atoms with van der Waals surface area (Å²) in [6, 6.07) is 9.28. The quantitative estimate of drug-likeness (QED) is 0.754. The molecule has 1 N–H and O–H groups in total. The zero-order valence-electron chi connectivity index (χ0n) is 12.2. The van der Waals surface area contributed by atoms with Crippen molar-refractivity contribution in [3.8, 4) is 17.2 Å². The van der Waals surface area contributed by atoms with Crippen molar-refractivity contribution >= 4 is 29.2 Å². The lowest BCUT2D eigenvalue weighted by atomic mass is 10.2. The molecule has 0 aromatic heterocycles. The number of carboxylic acid groups (broad SMARTS) is 1. The molecule has 0 heterocycles. The summed E-state index contributed by atoms with van der Waals surface area (Å²) in [6.45, 7) is 0.392. The average molecular weight is 357 g/mol. The van der Waals surface area contributed by atoms with Crippen molar-refractivity contribution in [3.63, 3.8) is 0 Å². The van der Waals surface area contributed by atoms with Crippen molar-refractivity contribution in [2.75, 3.05) is 20.3 Å².